The minimum absolute atomic E-state index is 0.0410. The van der Waals surface area contributed by atoms with E-state index < -0.39 is 5.97 Å². The first-order valence-corrected chi connectivity index (χ1v) is 6.14. The Morgan fingerprint density at radius 3 is 2.70 bits per heavy atom. The van der Waals surface area contributed by atoms with Gasteiger partial charge in [-0.3, -0.25) is 9.89 Å². The number of hydrogen-bond acceptors (Lipinski definition) is 3. The number of aromatic nitrogens is 2. The number of benzene rings is 1. The number of aryl methyl sites for hydroxylation is 1. The molecule has 1 heterocycles. The Kier molecular flexibility index (Phi) is 4.14. The second kappa shape index (κ2) is 6.01. The normalized spacial score (nSPS) is 10.2. The number of aromatic carboxylic acids is 1. The molecule has 0 atom stereocenters. The van der Waals surface area contributed by atoms with Crippen LogP contribution in [0.5, 0.6) is 0 Å². The lowest BCUT2D eigenvalue weighted by atomic mass is 10.0. The van der Waals surface area contributed by atoms with Gasteiger partial charge in [-0.25, -0.2) is 4.79 Å². The molecule has 0 bridgehead atoms. The van der Waals surface area contributed by atoms with Gasteiger partial charge in [-0.2, -0.15) is 5.10 Å². The van der Waals surface area contributed by atoms with Crippen LogP contribution in [-0.4, -0.2) is 27.2 Å². The summed E-state index contributed by atoms with van der Waals surface area (Å²) >= 11 is 0. The fraction of sp³-hybridized carbons (Fsp3) is 0.214. The number of nitrogens with one attached hydrogen (secondary N) is 2. The van der Waals surface area contributed by atoms with Crippen molar-refractivity contribution in [3.05, 3.63) is 52.8 Å². The van der Waals surface area contributed by atoms with Crippen LogP contribution in [0.1, 0.15) is 27.2 Å². The number of carboxylic acids is 1. The summed E-state index contributed by atoms with van der Waals surface area (Å²) in [6.45, 7) is 2.24. The highest BCUT2D eigenvalue weighted by Crippen LogP contribution is 2.10. The van der Waals surface area contributed by atoms with Crippen LogP contribution in [0.4, 0.5) is 0 Å². The Morgan fingerprint density at radius 2 is 2.05 bits per heavy atom. The predicted octanol–water partition coefficient (Wildman–Crippen LogP) is 1.28. The lowest BCUT2D eigenvalue weighted by Crippen LogP contribution is -2.25. The smallest absolute Gasteiger partial charge is 0.335 e. The van der Waals surface area contributed by atoms with Crippen molar-refractivity contribution in [3.63, 3.8) is 0 Å². The predicted molar refractivity (Wildman–Crippen MR) is 72.3 cm³/mol. The van der Waals surface area contributed by atoms with E-state index in [1.807, 2.05) is 6.92 Å². The van der Waals surface area contributed by atoms with Gasteiger partial charge in [-0.05, 0) is 18.6 Å². The van der Waals surface area contributed by atoms with Crippen molar-refractivity contribution in [1.82, 2.24) is 15.5 Å². The van der Waals surface area contributed by atoms with E-state index in [0.717, 1.165) is 11.3 Å². The molecule has 104 valence electrons. The van der Waals surface area contributed by atoms with Crippen molar-refractivity contribution < 1.29 is 14.7 Å². The monoisotopic (exact) mass is 273 g/mol. The van der Waals surface area contributed by atoms with E-state index >= 15 is 0 Å². The van der Waals surface area contributed by atoms with E-state index in [1.54, 1.807) is 24.4 Å². The van der Waals surface area contributed by atoms with Crippen molar-refractivity contribution in [1.29, 1.82) is 0 Å². The maximum atomic E-state index is 11.9. The van der Waals surface area contributed by atoms with Crippen LogP contribution in [0.25, 0.3) is 0 Å². The molecular formula is C14H15N3O3. The van der Waals surface area contributed by atoms with Crippen LogP contribution in [0.2, 0.25) is 0 Å². The van der Waals surface area contributed by atoms with Crippen LogP contribution in [0.3, 0.4) is 0 Å². The van der Waals surface area contributed by atoms with Gasteiger partial charge < -0.3 is 10.4 Å². The summed E-state index contributed by atoms with van der Waals surface area (Å²) in [4.78, 5) is 22.9. The van der Waals surface area contributed by atoms with Crippen LogP contribution in [0, 0.1) is 6.92 Å². The lowest BCUT2D eigenvalue weighted by molar-refractivity contribution is -0.120. The van der Waals surface area contributed by atoms with Gasteiger partial charge in [0.25, 0.3) is 0 Å². The fourth-order valence-electron chi connectivity index (χ4n) is 1.87. The summed E-state index contributed by atoms with van der Waals surface area (Å²) in [5.41, 5.74) is 2.46. The summed E-state index contributed by atoms with van der Waals surface area (Å²) in [5, 5.41) is 18.5. The maximum absolute atomic E-state index is 11.9. The quantitative estimate of drug-likeness (QED) is 0.764. The van der Waals surface area contributed by atoms with Crippen LogP contribution < -0.4 is 5.32 Å². The van der Waals surface area contributed by atoms with E-state index in [2.05, 4.69) is 15.5 Å². The summed E-state index contributed by atoms with van der Waals surface area (Å²) in [7, 11) is 0. The average Bonchev–Trinajstić information content (AvgIpc) is 2.82. The molecule has 1 aromatic heterocycles. The molecule has 1 aromatic carbocycles. The van der Waals surface area contributed by atoms with Crippen molar-refractivity contribution in [2.75, 3.05) is 0 Å². The van der Waals surface area contributed by atoms with Crippen molar-refractivity contribution in [3.8, 4) is 0 Å². The minimum Gasteiger partial charge on any atom is -0.478 e. The van der Waals surface area contributed by atoms with Crippen molar-refractivity contribution in [2.24, 2.45) is 0 Å². The molecular weight excluding hydrogens is 258 g/mol. The Bertz CT molecular complexity index is 634. The minimum atomic E-state index is -1.03. The molecule has 2 aromatic rings. The molecule has 0 saturated heterocycles. The molecule has 2 rings (SSSR count). The number of amides is 1. The summed E-state index contributed by atoms with van der Waals surface area (Å²) < 4.78 is 0. The Morgan fingerprint density at radius 1 is 1.30 bits per heavy atom. The zero-order valence-electron chi connectivity index (χ0n) is 11.0. The number of H-pyrrole nitrogens is 1. The number of aromatic amines is 1. The molecule has 20 heavy (non-hydrogen) atoms. The number of carbonyl (C=O) groups excluding carboxylic acids is 1. The van der Waals surface area contributed by atoms with Crippen LogP contribution in [0.15, 0.2) is 30.5 Å². The molecule has 0 radical (unpaired) electrons. The number of rotatable bonds is 5. The van der Waals surface area contributed by atoms with Gasteiger partial charge in [0, 0.05) is 17.8 Å². The van der Waals surface area contributed by atoms with E-state index in [0.29, 0.717) is 12.1 Å². The third-order valence-corrected chi connectivity index (χ3v) is 3.01. The second-order valence-electron chi connectivity index (χ2n) is 4.44. The molecule has 6 heteroatoms. The topological polar surface area (TPSA) is 95.1 Å². The third kappa shape index (κ3) is 3.23. The fourth-order valence-corrected chi connectivity index (χ4v) is 1.87. The SMILES string of the molecule is Cc1[nH]ncc1CNC(=O)Cc1ccccc1C(=O)O. The van der Waals surface area contributed by atoms with Gasteiger partial charge in [-0.1, -0.05) is 18.2 Å². The number of carboxylic acid groups (broad SMARTS) is 1. The number of carbonyl (C=O) groups is 2. The van der Waals surface area contributed by atoms with Gasteiger partial charge >= 0.3 is 5.97 Å². The van der Waals surface area contributed by atoms with Crippen molar-refractivity contribution in [2.45, 2.75) is 19.9 Å². The molecule has 3 N–H and O–H groups in total. The van der Waals surface area contributed by atoms with E-state index in [9.17, 15) is 9.59 Å². The van der Waals surface area contributed by atoms with E-state index in [-0.39, 0.29) is 17.9 Å². The maximum Gasteiger partial charge on any atom is 0.335 e. The first-order chi connectivity index (χ1) is 9.58. The zero-order chi connectivity index (χ0) is 14.5. The molecule has 0 saturated carbocycles. The first-order valence-electron chi connectivity index (χ1n) is 6.14. The van der Waals surface area contributed by atoms with Gasteiger partial charge in [0.15, 0.2) is 0 Å². The Hall–Kier alpha value is -2.63. The summed E-state index contributed by atoms with van der Waals surface area (Å²) in [6.07, 6.45) is 1.69. The highest BCUT2D eigenvalue weighted by atomic mass is 16.4. The molecule has 6 nitrogen and oxygen atoms in total. The van der Waals surface area contributed by atoms with Crippen LogP contribution in [-0.2, 0) is 17.8 Å². The van der Waals surface area contributed by atoms with Gasteiger partial charge in [-0.15, -0.1) is 0 Å². The molecule has 0 aliphatic heterocycles. The molecule has 0 aliphatic rings. The molecule has 1 amide bonds. The largest absolute Gasteiger partial charge is 0.478 e. The third-order valence-electron chi connectivity index (χ3n) is 3.01. The Balaban J connectivity index is 1.98. The number of hydrogen-bond donors (Lipinski definition) is 3. The standard InChI is InChI=1S/C14H15N3O3/c1-9-11(8-16-17-9)7-15-13(18)6-10-4-2-3-5-12(10)14(19)20/h2-5,8H,6-7H2,1H3,(H,15,18)(H,16,17)(H,19,20). The van der Waals surface area contributed by atoms with Crippen molar-refractivity contribution >= 4 is 11.9 Å². The Labute approximate surface area is 115 Å². The van der Waals surface area contributed by atoms with E-state index in [4.69, 9.17) is 5.11 Å². The lowest BCUT2D eigenvalue weighted by Gasteiger charge is -2.07. The second-order valence-corrected chi connectivity index (χ2v) is 4.44. The molecule has 0 aliphatic carbocycles. The zero-order valence-corrected chi connectivity index (χ0v) is 11.0. The van der Waals surface area contributed by atoms with E-state index in [1.165, 1.54) is 6.07 Å². The van der Waals surface area contributed by atoms with Gasteiger partial charge in [0.2, 0.25) is 5.91 Å². The number of nitrogens with zero attached hydrogens (tertiary/aromatic N) is 1. The van der Waals surface area contributed by atoms with Gasteiger partial charge in [0.05, 0.1) is 18.2 Å². The first kappa shape index (κ1) is 13.8. The highest BCUT2D eigenvalue weighted by molar-refractivity contribution is 5.91. The highest BCUT2D eigenvalue weighted by Gasteiger charge is 2.12. The molecule has 0 spiro atoms. The van der Waals surface area contributed by atoms with Crippen LogP contribution >= 0.6 is 0 Å². The van der Waals surface area contributed by atoms with Gasteiger partial charge in [0.1, 0.15) is 0 Å². The summed E-state index contributed by atoms with van der Waals surface area (Å²) in [6, 6.07) is 6.49. The average molecular weight is 273 g/mol. The molecule has 0 unspecified atom stereocenters. The summed E-state index contributed by atoms with van der Waals surface area (Å²) in [5.74, 6) is -1.25. The molecule has 0 fully saturated rings.